The van der Waals surface area contributed by atoms with E-state index >= 15 is 0 Å². The number of nitrogen functional groups attached to an aromatic ring is 1. The van der Waals surface area contributed by atoms with Crippen LogP contribution in [0.2, 0.25) is 0 Å². The van der Waals surface area contributed by atoms with Crippen LogP contribution >= 0.6 is 34.0 Å². The number of aliphatic hydroxyl groups is 1. The minimum atomic E-state index is -0.988. The van der Waals surface area contributed by atoms with Gasteiger partial charge in [-0.3, -0.25) is 9.59 Å². The normalized spacial score (nSPS) is 18.1. The molecular weight excluding hydrogens is 1320 g/mol. The third-order valence-electron chi connectivity index (χ3n) is 15.0. The van der Waals surface area contributed by atoms with Crippen LogP contribution in [0.5, 0.6) is 0 Å². The monoisotopic (exact) mass is 1400 g/mol. The van der Waals surface area contributed by atoms with E-state index in [0.29, 0.717) is 81.5 Å². The molecule has 3 aliphatic rings. The standard InChI is InChI=1S/C21H23N5O3S.C21H25N5O2S.C12H18N2O2S.C7H7NO2.C2H4N2.CH3.BrH.Mg/c1-3-29-21(28)19-24-17(13-30-19)15-9-8-14(2)25(12-15)20(27)16-6-4-5-7-18(16)26-22-10-11-23-26;1-14-8-9-15(17-13-29-20(24-17)21(2,3)28)12-25(14)19(27)16-6-4-5-7-18(16)26-22-10-11-23-26;1-3-16-12(15)11-14-10(7-17-11)9-5-4-8(2)13-6-9;8-6-4-2-1-3-5(6)7(9)10;3-1-2-4;;;/h4-7,10-11,13-15H,3,8-9,12H2,1-2H3;4-7,10-11,13-15,28H,8-9,12H2,1-3H3;7-9,13H,3-6H2,1-2H3;1-4H,8H2,(H,9,10);1-4H;1H3;1H;/q;;;;;-1;;+2/p-1/t2*14-,15-;8-,9-;;;;;/m111...../s1. The number of nitrogens with zero attached hydrogens (tertiary/aromatic N) is 11. The smallest absolute Gasteiger partial charge is 1.00 e. The molecule has 6 atom stereocenters. The molecule has 0 unspecified atom stereocenters. The molecule has 0 saturated carbocycles. The number of carbonyl (C=O) groups excluding carboxylic acids is 4. The van der Waals surface area contributed by atoms with Crippen molar-refractivity contribution in [2.24, 2.45) is 0 Å². The molecule has 3 saturated heterocycles. The fourth-order valence-electron chi connectivity index (χ4n) is 10.1. The number of ether oxygens (including phenoxy) is 2. The number of nitrogens with two attached hydrogens (primary N) is 1. The number of benzene rings is 3. The van der Waals surface area contributed by atoms with E-state index in [-0.39, 0.29) is 94.7 Å². The first-order valence-corrected chi connectivity index (χ1v) is 32.2. The third-order valence-corrected chi connectivity index (χ3v) is 17.9. The van der Waals surface area contributed by atoms with Gasteiger partial charge in [0, 0.05) is 89.8 Å². The van der Waals surface area contributed by atoms with Crippen LogP contribution in [0.3, 0.4) is 0 Å². The molecule has 29 heteroatoms. The van der Waals surface area contributed by atoms with Crippen molar-refractivity contribution in [2.45, 2.75) is 128 Å². The van der Waals surface area contributed by atoms with E-state index in [0.717, 1.165) is 74.6 Å². The fourth-order valence-corrected chi connectivity index (χ4v) is 12.6. The largest absolute Gasteiger partial charge is 2.00 e. The van der Waals surface area contributed by atoms with Crippen LogP contribution in [0.15, 0.2) is 114 Å². The van der Waals surface area contributed by atoms with Crippen molar-refractivity contribution in [3.8, 4) is 11.4 Å². The molecule has 8 heterocycles. The van der Waals surface area contributed by atoms with Crippen LogP contribution in [-0.4, -0.2) is 181 Å². The van der Waals surface area contributed by atoms with E-state index in [2.05, 4.69) is 61.4 Å². The Morgan fingerprint density at radius 2 is 1.02 bits per heavy atom. The number of hydrogen-bond acceptors (Lipinski definition) is 22. The van der Waals surface area contributed by atoms with Crippen LogP contribution in [-0.2, 0) is 15.1 Å². The Labute approximate surface area is 580 Å². The van der Waals surface area contributed by atoms with Crippen LogP contribution in [0, 0.1) is 18.2 Å². The first kappa shape index (κ1) is 77.9. The summed E-state index contributed by atoms with van der Waals surface area (Å²) in [5.41, 5.74) is 10.2. The van der Waals surface area contributed by atoms with Gasteiger partial charge in [0.1, 0.15) is 10.6 Å². The molecule has 0 bridgehead atoms. The summed E-state index contributed by atoms with van der Waals surface area (Å²) in [4.78, 5) is 81.0. The van der Waals surface area contributed by atoms with Gasteiger partial charge in [-0.15, -0.1) is 34.0 Å². The number of piperidine rings is 3. The van der Waals surface area contributed by atoms with E-state index in [1.165, 1.54) is 49.7 Å². The number of carbonyl (C=O) groups is 5. The summed E-state index contributed by atoms with van der Waals surface area (Å²) in [6.45, 7) is 16.2. The number of hydrogen-bond donors (Lipinski definition) is 6. The number of carboxylic acid groups (broad SMARTS) is 1. The van der Waals surface area contributed by atoms with Crippen LogP contribution in [0.25, 0.3) is 11.4 Å². The van der Waals surface area contributed by atoms with Gasteiger partial charge in [0.05, 0.1) is 83.1 Å². The van der Waals surface area contributed by atoms with Crippen LogP contribution in [0.1, 0.15) is 178 Å². The molecule has 0 spiro atoms. The van der Waals surface area contributed by atoms with E-state index in [1.54, 1.807) is 76.7 Å². The van der Waals surface area contributed by atoms with Gasteiger partial charge in [-0.05, 0) is 123 Å². The maximum Gasteiger partial charge on any atom is 2.00 e. The Kier molecular flexibility index (Phi) is 31.8. The average molecular weight is 1400 g/mol. The van der Waals surface area contributed by atoms with E-state index in [4.69, 9.17) is 31.1 Å². The zero-order chi connectivity index (χ0) is 64.9. The molecular formula is C64H80BrMgN15O9S3. The molecule has 11 rings (SSSR count). The Bertz CT molecular complexity index is 3640. The van der Waals surface area contributed by atoms with E-state index in [9.17, 15) is 29.1 Å². The van der Waals surface area contributed by atoms with Gasteiger partial charge in [0.25, 0.3) is 11.8 Å². The number of amides is 2. The second-order valence-electron chi connectivity index (χ2n) is 21.9. The minimum Gasteiger partial charge on any atom is -1.00 e. The molecule has 8 aromatic rings. The number of esters is 2. The van der Waals surface area contributed by atoms with Gasteiger partial charge < -0.3 is 75.8 Å². The van der Waals surface area contributed by atoms with Gasteiger partial charge >= 0.3 is 41.0 Å². The topological polar surface area (TPSA) is 337 Å². The summed E-state index contributed by atoms with van der Waals surface area (Å²) < 4.78 is 9.98. The van der Waals surface area contributed by atoms with E-state index < -0.39 is 17.5 Å². The predicted octanol–water partition coefficient (Wildman–Crippen LogP) is 7.17. The second kappa shape index (κ2) is 38.0. The molecule has 0 aliphatic carbocycles. The van der Waals surface area contributed by atoms with Crippen molar-refractivity contribution < 1.29 is 60.6 Å². The first-order chi connectivity index (χ1) is 43.3. The number of anilines is 1. The van der Waals surface area contributed by atoms with Gasteiger partial charge in [-0.2, -0.15) is 30.0 Å². The molecule has 24 nitrogen and oxygen atoms in total. The average Bonchev–Trinajstić information content (AvgIpc) is 1.73. The Morgan fingerprint density at radius 1 is 0.624 bits per heavy atom. The van der Waals surface area contributed by atoms with Gasteiger partial charge in [-0.1, -0.05) is 36.4 Å². The molecule has 3 fully saturated rings. The number of rotatable bonds is 14. The fraction of sp³-hybridized carbons (Fsp3) is 0.391. The summed E-state index contributed by atoms with van der Waals surface area (Å²) in [5.74, 6) is -1.08. The third kappa shape index (κ3) is 21.5. The van der Waals surface area contributed by atoms with Gasteiger partial charge in [0.15, 0.2) is 0 Å². The quantitative estimate of drug-likeness (QED) is 0.0206. The SMILES string of the molecule is CCOC(=O)c1nc([C@@H]2CC[C@@H](C)N(C(=O)c3ccccc3-n3nccn3)C2)cs1.CCOC(=O)c1nc([C@@H]2CC[C@@H](C)NC2)cs1.C[C@@H]1CC[C@@H](c2csc(C(C)(C)O)n2)CN1C(=O)c1ccccc1-n1nccn1.N=CC=N.Nc1ccccc1C(=O)O.[Br-].[CH3-].[Mg+2]. The van der Waals surface area contributed by atoms with Gasteiger partial charge in [0.2, 0.25) is 10.0 Å². The van der Waals surface area contributed by atoms with Crippen molar-refractivity contribution >= 4 is 105 Å². The number of likely N-dealkylation sites (tertiary alicyclic amines) is 2. The molecule has 5 aromatic heterocycles. The molecule has 3 aromatic carbocycles. The molecule has 0 radical (unpaired) electrons. The Morgan fingerprint density at radius 3 is 1.40 bits per heavy atom. The van der Waals surface area contributed by atoms with E-state index in [1.807, 2.05) is 68.4 Å². The zero-order valence-electron chi connectivity index (χ0n) is 53.4. The Balaban J connectivity index is 0.000000272. The number of carboxylic acids is 1. The molecule has 492 valence electrons. The van der Waals surface area contributed by atoms with Crippen LogP contribution < -0.4 is 28.0 Å². The zero-order valence-corrected chi connectivity index (χ0v) is 58.9. The molecule has 2 amide bonds. The van der Waals surface area contributed by atoms with Crippen molar-refractivity contribution in [1.29, 1.82) is 10.8 Å². The van der Waals surface area contributed by atoms with Crippen molar-refractivity contribution in [3.05, 3.63) is 170 Å². The first-order valence-electron chi connectivity index (χ1n) is 29.5. The maximum atomic E-state index is 13.5. The van der Waals surface area contributed by atoms with Crippen molar-refractivity contribution in [2.75, 3.05) is 38.6 Å². The number of para-hydroxylation sites is 3. The maximum absolute atomic E-state index is 13.5. The van der Waals surface area contributed by atoms with Crippen LogP contribution in [0.4, 0.5) is 5.69 Å². The number of aromatic carboxylic acids is 1. The number of aromatic nitrogens is 9. The number of thiazole rings is 3. The minimum absolute atomic E-state index is 0. The molecule has 7 N–H and O–H groups in total. The Hall–Kier alpha value is -7.51. The summed E-state index contributed by atoms with van der Waals surface area (Å²) >= 11 is 4.14. The summed E-state index contributed by atoms with van der Waals surface area (Å²) in [5, 5.41) is 58.5. The molecule has 93 heavy (non-hydrogen) atoms. The summed E-state index contributed by atoms with van der Waals surface area (Å²) in [6.07, 6.45) is 14.2. The second-order valence-corrected chi connectivity index (χ2v) is 24.4. The number of nitrogens with one attached hydrogen (secondary N) is 3. The van der Waals surface area contributed by atoms with Crippen molar-refractivity contribution in [1.82, 2.24) is 60.1 Å². The summed E-state index contributed by atoms with van der Waals surface area (Å²) in [7, 11) is 0. The van der Waals surface area contributed by atoms with Gasteiger partial charge in [-0.25, -0.2) is 29.3 Å². The number of halogens is 1. The predicted molar refractivity (Wildman–Crippen MR) is 358 cm³/mol. The summed E-state index contributed by atoms with van der Waals surface area (Å²) in [6, 6.07) is 22.0. The van der Waals surface area contributed by atoms with Crippen molar-refractivity contribution in [3.63, 3.8) is 0 Å². The molecule has 3 aliphatic heterocycles.